The maximum atomic E-state index is 13.0. The van der Waals surface area contributed by atoms with Gasteiger partial charge in [0.1, 0.15) is 5.75 Å². The summed E-state index contributed by atoms with van der Waals surface area (Å²) in [6.07, 6.45) is -4.23. The van der Waals surface area contributed by atoms with Gasteiger partial charge in [-0.3, -0.25) is 0 Å². The minimum atomic E-state index is -4.23. The number of halogens is 3. The molecule has 0 unspecified atom stereocenters. The third-order valence-electron chi connectivity index (χ3n) is 4.27. The van der Waals surface area contributed by atoms with E-state index >= 15 is 0 Å². The molecule has 1 aliphatic rings. The molecule has 0 amide bonds. The Balaban J connectivity index is 2.33. The van der Waals surface area contributed by atoms with E-state index in [1.54, 1.807) is 18.2 Å². The normalized spacial score (nSPS) is 20.0. The molecule has 0 bridgehead atoms. The van der Waals surface area contributed by atoms with Crippen molar-refractivity contribution in [2.75, 3.05) is 19.6 Å². The summed E-state index contributed by atoms with van der Waals surface area (Å²) in [5, 5.41) is 9.97. The molecule has 2 rings (SSSR count). The quantitative estimate of drug-likeness (QED) is 0.916. The van der Waals surface area contributed by atoms with Crippen LogP contribution in [0, 0.1) is 0 Å². The van der Waals surface area contributed by atoms with Crippen molar-refractivity contribution in [3.8, 4) is 5.75 Å². The van der Waals surface area contributed by atoms with E-state index in [4.69, 9.17) is 0 Å². The number of piperidine rings is 1. The molecule has 1 aliphatic heterocycles. The monoisotopic (exact) mass is 287 g/mol. The molecule has 1 heterocycles. The van der Waals surface area contributed by atoms with Crippen molar-refractivity contribution < 1.29 is 18.3 Å². The summed E-state index contributed by atoms with van der Waals surface area (Å²) in [6, 6.07) is 6.43. The van der Waals surface area contributed by atoms with Gasteiger partial charge in [0.2, 0.25) is 0 Å². The van der Waals surface area contributed by atoms with Crippen LogP contribution in [-0.4, -0.2) is 35.8 Å². The van der Waals surface area contributed by atoms with Crippen LogP contribution in [0.1, 0.15) is 31.7 Å². The van der Waals surface area contributed by atoms with E-state index in [0.717, 1.165) is 6.54 Å². The van der Waals surface area contributed by atoms with Crippen LogP contribution in [0.2, 0.25) is 0 Å². The SMILES string of the molecule is CCN1CCC(CC(F)(F)F)(c2ccccc2O)CC1. The molecule has 1 aromatic carbocycles. The second kappa shape index (κ2) is 5.64. The topological polar surface area (TPSA) is 23.5 Å². The Morgan fingerprint density at radius 1 is 1.20 bits per heavy atom. The average Bonchev–Trinajstić information content (AvgIpc) is 2.38. The minimum Gasteiger partial charge on any atom is -0.508 e. The summed E-state index contributed by atoms with van der Waals surface area (Å²) in [6.45, 7) is 4.14. The summed E-state index contributed by atoms with van der Waals surface area (Å²) in [5.74, 6) is -0.0262. The zero-order valence-electron chi connectivity index (χ0n) is 11.6. The first kappa shape index (κ1) is 15.2. The number of hydrogen-bond acceptors (Lipinski definition) is 2. The van der Waals surface area contributed by atoms with Crippen LogP contribution in [0.4, 0.5) is 13.2 Å². The van der Waals surface area contributed by atoms with Crippen LogP contribution < -0.4 is 0 Å². The minimum absolute atomic E-state index is 0.0262. The Morgan fingerprint density at radius 2 is 1.80 bits per heavy atom. The van der Waals surface area contributed by atoms with Gasteiger partial charge in [0.25, 0.3) is 0 Å². The van der Waals surface area contributed by atoms with E-state index in [1.807, 2.05) is 6.92 Å². The number of benzene rings is 1. The van der Waals surface area contributed by atoms with Crippen LogP contribution in [-0.2, 0) is 5.41 Å². The molecule has 0 saturated carbocycles. The molecule has 5 heteroatoms. The highest BCUT2D eigenvalue weighted by Gasteiger charge is 2.46. The first-order valence-electron chi connectivity index (χ1n) is 6.94. The summed E-state index contributed by atoms with van der Waals surface area (Å²) in [5.41, 5.74) is -0.553. The highest BCUT2D eigenvalue weighted by atomic mass is 19.4. The van der Waals surface area contributed by atoms with E-state index < -0.39 is 18.0 Å². The maximum absolute atomic E-state index is 13.0. The molecule has 1 aromatic rings. The van der Waals surface area contributed by atoms with Crippen molar-refractivity contribution >= 4 is 0 Å². The van der Waals surface area contributed by atoms with Crippen molar-refractivity contribution in [1.29, 1.82) is 0 Å². The van der Waals surface area contributed by atoms with Crippen molar-refractivity contribution in [1.82, 2.24) is 4.90 Å². The zero-order chi connectivity index (χ0) is 14.8. The lowest BCUT2D eigenvalue weighted by atomic mass is 9.70. The lowest BCUT2D eigenvalue weighted by Crippen LogP contribution is -2.44. The molecule has 1 N–H and O–H groups in total. The summed E-state index contributed by atoms with van der Waals surface area (Å²) >= 11 is 0. The first-order chi connectivity index (χ1) is 9.36. The number of likely N-dealkylation sites (tertiary alicyclic amines) is 1. The van der Waals surface area contributed by atoms with Gasteiger partial charge in [0, 0.05) is 11.0 Å². The van der Waals surface area contributed by atoms with Gasteiger partial charge in [0.15, 0.2) is 0 Å². The standard InChI is InChI=1S/C15H20F3NO/c1-2-19-9-7-14(8-10-19,11-15(16,17)18)12-5-3-4-6-13(12)20/h3-6,20H,2,7-11H2,1H3. The fraction of sp³-hybridized carbons (Fsp3) is 0.600. The van der Waals surface area contributed by atoms with Gasteiger partial charge in [-0.05, 0) is 38.5 Å². The third-order valence-corrected chi connectivity index (χ3v) is 4.27. The van der Waals surface area contributed by atoms with Gasteiger partial charge in [-0.25, -0.2) is 0 Å². The van der Waals surface area contributed by atoms with E-state index in [0.29, 0.717) is 31.5 Å². The molecule has 0 radical (unpaired) electrons. The summed E-state index contributed by atoms with van der Waals surface area (Å²) in [7, 11) is 0. The van der Waals surface area contributed by atoms with Crippen LogP contribution in [0.15, 0.2) is 24.3 Å². The van der Waals surface area contributed by atoms with Crippen LogP contribution in [0.3, 0.4) is 0 Å². The Kier molecular flexibility index (Phi) is 4.28. The highest BCUT2D eigenvalue weighted by molar-refractivity contribution is 5.39. The van der Waals surface area contributed by atoms with Gasteiger partial charge < -0.3 is 10.0 Å². The fourth-order valence-corrected chi connectivity index (χ4v) is 3.14. The number of alkyl halides is 3. The molecule has 112 valence electrons. The second-order valence-electron chi connectivity index (χ2n) is 5.52. The molecular formula is C15H20F3NO. The second-order valence-corrected chi connectivity index (χ2v) is 5.52. The average molecular weight is 287 g/mol. The van der Waals surface area contributed by atoms with Crippen LogP contribution >= 0.6 is 0 Å². The molecule has 2 nitrogen and oxygen atoms in total. The molecule has 0 spiro atoms. The third kappa shape index (κ3) is 3.26. The van der Waals surface area contributed by atoms with Crippen molar-refractivity contribution in [2.24, 2.45) is 0 Å². The number of para-hydroxylation sites is 1. The Labute approximate surface area is 117 Å². The van der Waals surface area contributed by atoms with E-state index in [2.05, 4.69) is 4.90 Å². The van der Waals surface area contributed by atoms with Crippen molar-refractivity contribution in [3.05, 3.63) is 29.8 Å². The lowest BCUT2D eigenvalue weighted by Gasteiger charge is -2.42. The van der Waals surface area contributed by atoms with E-state index in [9.17, 15) is 18.3 Å². The number of nitrogens with zero attached hydrogens (tertiary/aromatic N) is 1. The Morgan fingerprint density at radius 3 is 2.30 bits per heavy atom. The zero-order valence-corrected chi connectivity index (χ0v) is 11.6. The smallest absolute Gasteiger partial charge is 0.389 e. The fourth-order valence-electron chi connectivity index (χ4n) is 3.14. The molecule has 0 aliphatic carbocycles. The number of hydrogen-bond donors (Lipinski definition) is 1. The highest BCUT2D eigenvalue weighted by Crippen LogP contribution is 2.46. The predicted molar refractivity (Wildman–Crippen MR) is 71.8 cm³/mol. The van der Waals surface area contributed by atoms with Gasteiger partial charge >= 0.3 is 6.18 Å². The summed E-state index contributed by atoms with van der Waals surface area (Å²) in [4.78, 5) is 2.15. The predicted octanol–water partition coefficient (Wildman–Crippen LogP) is 3.70. The number of phenols is 1. The van der Waals surface area contributed by atoms with E-state index in [-0.39, 0.29) is 5.75 Å². The lowest BCUT2D eigenvalue weighted by molar-refractivity contribution is -0.152. The molecule has 1 saturated heterocycles. The molecular weight excluding hydrogens is 267 g/mol. The molecule has 1 fully saturated rings. The van der Waals surface area contributed by atoms with Gasteiger partial charge in [-0.1, -0.05) is 25.1 Å². The Bertz CT molecular complexity index is 451. The van der Waals surface area contributed by atoms with Gasteiger partial charge in [0.05, 0.1) is 6.42 Å². The number of rotatable bonds is 3. The molecule has 0 atom stereocenters. The van der Waals surface area contributed by atoms with Gasteiger partial charge in [-0.15, -0.1) is 0 Å². The maximum Gasteiger partial charge on any atom is 0.389 e. The molecule has 20 heavy (non-hydrogen) atoms. The Hall–Kier alpha value is -1.23. The van der Waals surface area contributed by atoms with Crippen molar-refractivity contribution in [3.63, 3.8) is 0 Å². The van der Waals surface area contributed by atoms with Crippen molar-refractivity contribution in [2.45, 2.75) is 37.8 Å². The number of aromatic hydroxyl groups is 1. The van der Waals surface area contributed by atoms with Crippen LogP contribution in [0.25, 0.3) is 0 Å². The molecule has 0 aromatic heterocycles. The van der Waals surface area contributed by atoms with Gasteiger partial charge in [-0.2, -0.15) is 13.2 Å². The first-order valence-corrected chi connectivity index (χ1v) is 6.94. The van der Waals surface area contributed by atoms with Crippen LogP contribution in [0.5, 0.6) is 5.75 Å². The number of phenolic OH excluding ortho intramolecular Hbond substituents is 1. The largest absolute Gasteiger partial charge is 0.508 e. The van der Waals surface area contributed by atoms with E-state index in [1.165, 1.54) is 6.07 Å². The summed E-state index contributed by atoms with van der Waals surface area (Å²) < 4.78 is 39.0.